The third kappa shape index (κ3) is 11.1. The molecule has 0 spiro atoms. The summed E-state index contributed by atoms with van der Waals surface area (Å²) in [6, 6.07) is -2.86. The Morgan fingerprint density at radius 2 is 1.24 bits per heavy atom. The minimum atomic E-state index is -1.66. The Morgan fingerprint density at radius 1 is 0.689 bits per heavy atom. The molecular formula is C26H54N4O15. The lowest BCUT2D eigenvalue weighted by molar-refractivity contribution is -0.332. The van der Waals surface area contributed by atoms with Crippen LogP contribution in [0.25, 0.3) is 0 Å². The summed E-state index contributed by atoms with van der Waals surface area (Å²) in [4.78, 5) is 0. The Bertz CT molecular complexity index is 757. The van der Waals surface area contributed by atoms with Gasteiger partial charge in [-0.05, 0) is 19.8 Å². The van der Waals surface area contributed by atoms with Crippen LogP contribution in [0.5, 0.6) is 0 Å². The van der Waals surface area contributed by atoms with E-state index in [-0.39, 0.29) is 32.3 Å². The van der Waals surface area contributed by atoms with Gasteiger partial charge >= 0.3 is 0 Å². The van der Waals surface area contributed by atoms with Crippen LogP contribution in [0.1, 0.15) is 19.8 Å². The van der Waals surface area contributed by atoms with Gasteiger partial charge in [0.1, 0.15) is 61.0 Å². The minimum absolute atomic E-state index is 0.0574. The third-order valence-electron chi connectivity index (χ3n) is 7.88. The molecular weight excluding hydrogens is 608 g/mol. The number of hydrogen-bond acceptors (Lipinski definition) is 19. The predicted molar refractivity (Wildman–Crippen MR) is 153 cm³/mol. The largest absolute Gasteiger partial charge is 0.394 e. The summed E-state index contributed by atoms with van der Waals surface area (Å²) in [7, 11) is 0. The molecule has 1 unspecified atom stereocenters. The second kappa shape index (κ2) is 19.9. The second-order valence-corrected chi connectivity index (χ2v) is 11.3. The Balaban J connectivity index is 0.000000498. The van der Waals surface area contributed by atoms with Crippen LogP contribution in [0, 0.1) is 0 Å². The highest BCUT2D eigenvalue weighted by atomic mass is 16.7. The van der Waals surface area contributed by atoms with Gasteiger partial charge in [-0.1, -0.05) is 0 Å². The molecule has 0 aromatic rings. The van der Waals surface area contributed by atoms with Gasteiger partial charge in [-0.25, -0.2) is 0 Å². The summed E-state index contributed by atoms with van der Waals surface area (Å²) in [6.07, 6.45) is -15.6. The Hall–Kier alpha value is -0.760. The minimum Gasteiger partial charge on any atom is -0.394 e. The Labute approximate surface area is 261 Å². The van der Waals surface area contributed by atoms with Crippen molar-refractivity contribution in [1.82, 2.24) is 0 Å². The molecule has 2 aliphatic heterocycles. The molecule has 0 bridgehead atoms. The summed E-state index contributed by atoms with van der Waals surface area (Å²) < 4.78 is 32.4. The first-order chi connectivity index (χ1) is 21.3. The summed E-state index contributed by atoms with van der Waals surface area (Å²) in [5, 5.41) is 87.7. The molecule has 2 saturated heterocycles. The van der Waals surface area contributed by atoms with Crippen LogP contribution in [-0.2, 0) is 28.4 Å². The summed E-state index contributed by atoms with van der Waals surface area (Å²) in [5.74, 6) is 0. The average molecular weight is 663 g/mol. The summed E-state index contributed by atoms with van der Waals surface area (Å²) in [5.41, 5.74) is 23.5. The van der Waals surface area contributed by atoms with Crippen molar-refractivity contribution in [1.29, 1.82) is 0 Å². The average Bonchev–Trinajstić information content (AvgIpc) is 3.02. The van der Waals surface area contributed by atoms with Crippen LogP contribution < -0.4 is 22.9 Å². The highest BCUT2D eigenvalue weighted by Crippen LogP contribution is 2.31. The van der Waals surface area contributed by atoms with Crippen molar-refractivity contribution in [2.45, 2.75) is 118 Å². The quantitative estimate of drug-likeness (QED) is 0.0768. The second-order valence-electron chi connectivity index (χ2n) is 11.3. The monoisotopic (exact) mass is 662 g/mol. The maximum absolute atomic E-state index is 10.9. The highest BCUT2D eigenvalue weighted by Gasteiger charge is 2.51. The lowest BCUT2D eigenvalue weighted by Gasteiger charge is -2.48. The lowest BCUT2D eigenvalue weighted by Crippen LogP contribution is -2.68. The normalized spacial score (nSPS) is 42.9. The zero-order valence-corrected chi connectivity index (χ0v) is 25.4. The van der Waals surface area contributed by atoms with Gasteiger partial charge in [-0.15, -0.1) is 0 Å². The number of aliphatic hydroxyl groups is 9. The smallest absolute Gasteiger partial charge is 0.187 e. The Morgan fingerprint density at radius 3 is 1.78 bits per heavy atom. The van der Waals surface area contributed by atoms with Gasteiger partial charge in [0.25, 0.3) is 0 Å². The maximum Gasteiger partial charge on any atom is 0.187 e. The van der Waals surface area contributed by atoms with Crippen LogP contribution in [0.15, 0.2) is 0 Å². The van der Waals surface area contributed by atoms with E-state index >= 15 is 0 Å². The molecule has 16 atom stereocenters. The van der Waals surface area contributed by atoms with Crippen molar-refractivity contribution < 1.29 is 74.4 Å². The van der Waals surface area contributed by atoms with Gasteiger partial charge in [0.2, 0.25) is 0 Å². The van der Waals surface area contributed by atoms with Gasteiger partial charge < -0.3 is 97.3 Å². The van der Waals surface area contributed by atoms with E-state index in [1.54, 1.807) is 0 Å². The maximum atomic E-state index is 10.9. The first-order valence-corrected chi connectivity index (χ1v) is 15.0. The van der Waals surface area contributed by atoms with E-state index < -0.39 is 98.4 Å². The molecule has 1 saturated carbocycles. The van der Waals surface area contributed by atoms with Crippen molar-refractivity contribution in [2.24, 2.45) is 22.9 Å². The van der Waals surface area contributed by atoms with E-state index in [4.69, 9.17) is 61.6 Å². The van der Waals surface area contributed by atoms with E-state index in [2.05, 4.69) is 0 Å². The third-order valence-corrected chi connectivity index (χ3v) is 7.88. The highest BCUT2D eigenvalue weighted by molar-refractivity contribution is 5.01. The van der Waals surface area contributed by atoms with Crippen LogP contribution >= 0.6 is 0 Å². The summed E-state index contributed by atoms with van der Waals surface area (Å²) >= 11 is 0. The van der Waals surface area contributed by atoms with Gasteiger partial charge in [-0.2, -0.15) is 0 Å². The molecule has 45 heavy (non-hydrogen) atoms. The number of nitrogens with two attached hydrogens (primary N) is 4. The fraction of sp³-hybridized carbons (Fsp3) is 1.00. The Kier molecular flexibility index (Phi) is 17.9. The fourth-order valence-electron chi connectivity index (χ4n) is 5.15. The molecule has 0 aromatic heterocycles. The van der Waals surface area contributed by atoms with Gasteiger partial charge in [0.15, 0.2) is 12.6 Å². The molecule has 3 aliphatic rings. The van der Waals surface area contributed by atoms with Crippen LogP contribution in [0.3, 0.4) is 0 Å². The number of ether oxygens (including phenoxy) is 6. The van der Waals surface area contributed by atoms with Gasteiger partial charge in [-0.3, -0.25) is 0 Å². The topological polar surface area (TPSA) is 342 Å². The number of hydrogen-bond donors (Lipinski definition) is 13. The molecule has 3 rings (SSSR count). The van der Waals surface area contributed by atoms with Gasteiger partial charge in [0, 0.05) is 25.2 Å². The number of aliphatic hydroxyl groups excluding tert-OH is 9. The molecule has 19 nitrogen and oxygen atoms in total. The van der Waals surface area contributed by atoms with Crippen molar-refractivity contribution in [3.63, 3.8) is 0 Å². The molecule has 17 N–H and O–H groups in total. The van der Waals surface area contributed by atoms with Crippen LogP contribution in [-0.4, -0.2) is 190 Å². The van der Waals surface area contributed by atoms with Crippen LogP contribution in [0.4, 0.5) is 0 Å². The van der Waals surface area contributed by atoms with E-state index in [1.165, 1.54) is 0 Å². The predicted octanol–water partition coefficient (Wildman–Crippen LogP) is -7.51. The van der Waals surface area contributed by atoms with Crippen molar-refractivity contribution in [2.75, 3.05) is 46.2 Å². The van der Waals surface area contributed by atoms with Gasteiger partial charge in [0.05, 0.1) is 45.2 Å². The van der Waals surface area contributed by atoms with Crippen LogP contribution in [0.2, 0.25) is 0 Å². The van der Waals surface area contributed by atoms with E-state index in [0.29, 0.717) is 19.8 Å². The van der Waals surface area contributed by atoms with Crippen molar-refractivity contribution >= 4 is 0 Å². The fourth-order valence-corrected chi connectivity index (χ4v) is 5.15. The van der Waals surface area contributed by atoms with E-state index in [0.717, 1.165) is 6.42 Å². The summed E-state index contributed by atoms with van der Waals surface area (Å²) in [6.45, 7) is 2.63. The van der Waals surface area contributed by atoms with Crippen molar-refractivity contribution in [3.05, 3.63) is 0 Å². The first-order valence-electron chi connectivity index (χ1n) is 15.0. The molecule has 0 aromatic carbocycles. The molecule has 0 amide bonds. The van der Waals surface area contributed by atoms with Crippen molar-refractivity contribution in [3.8, 4) is 0 Å². The lowest BCUT2D eigenvalue weighted by atomic mass is 9.84. The zero-order chi connectivity index (χ0) is 33.8. The molecule has 19 heteroatoms. The number of rotatable bonds is 14. The van der Waals surface area contributed by atoms with E-state index in [9.17, 15) is 35.7 Å². The molecule has 2 heterocycles. The van der Waals surface area contributed by atoms with E-state index in [1.807, 2.05) is 6.92 Å². The molecule has 0 radical (unpaired) electrons. The molecule has 1 aliphatic carbocycles. The zero-order valence-electron chi connectivity index (χ0n) is 25.4. The molecule has 268 valence electrons. The first kappa shape index (κ1) is 40.4. The SMILES string of the molecule is CC(CCOCCO)OCCO.NC[C@H]1O[C@H](O[C@H]2[C@H](O)[C@@H](O[C@H]3O[C@H](CO)[C@@H](O)[C@H](N)[C@H]3O)[C@H](N)C[C@@H]2N)[C@H](O)[C@@H](O)[C@@H]1O. The molecule has 3 fully saturated rings. The standard InChI is InChI=1S/C18H36N4O11.C8H18O4/c19-2-6-10(25)12(27)13(28)18(30-6)33-16-5(21)1-4(20)15(14(16)29)32-17-11(26)8(22)9(24)7(3-23)31-17;1-8(12-7-4-10)2-5-11-6-3-9/h4-18,23-29H,1-3,19-22H2;8-10H,2-7H2,1H3/t4-,5+,6-,7-,8+,9-,10-,11-,12+,13-,14-,15+,16-,17-,18-;/m1./s1.